The summed E-state index contributed by atoms with van der Waals surface area (Å²) < 4.78 is 11.5. The van der Waals surface area contributed by atoms with Gasteiger partial charge in [0.15, 0.2) is 11.5 Å². The zero-order valence-corrected chi connectivity index (χ0v) is 31.1. The second-order valence-electron chi connectivity index (χ2n) is 16.3. The third-order valence-electron chi connectivity index (χ3n) is 13.7. The number of thioether (sulfide) groups is 1. The Kier molecular flexibility index (Phi) is 8.78. The van der Waals surface area contributed by atoms with Crippen LogP contribution < -0.4 is 15.2 Å². The van der Waals surface area contributed by atoms with Gasteiger partial charge in [-0.3, -0.25) is 19.2 Å². The lowest BCUT2D eigenvalue weighted by atomic mass is 9.33. The van der Waals surface area contributed by atoms with Crippen molar-refractivity contribution in [2.75, 3.05) is 0 Å². The first kappa shape index (κ1) is 35.4. The van der Waals surface area contributed by atoms with E-state index in [4.69, 9.17) is 15.2 Å². The molecule has 0 bridgehead atoms. The number of amides is 1. The van der Waals surface area contributed by atoms with Crippen LogP contribution in [0.1, 0.15) is 132 Å². The first-order valence-corrected chi connectivity index (χ1v) is 18.7. The Morgan fingerprint density at radius 1 is 0.898 bits per heavy atom. The van der Waals surface area contributed by atoms with Crippen molar-refractivity contribution in [3.05, 3.63) is 70.3 Å². The van der Waals surface area contributed by atoms with E-state index in [2.05, 4.69) is 40.7 Å². The maximum absolute atomic E-state index is 13.9. The van der Waals surface area contributed by atoms with Crippen LogP contribution in [0.5, 0.6) is 11.5 Å². The SMILES string of the molecule is CC[C@@]12CC[C@]3(C)C(=CC(SC(=O)c4ccccc4)c4c3cc(OC(C)=O)c(OC(C)=O)c4C)[C@@]1(C)CC[C@@]1(C)CC[C@@](C)(C(N)=O)C[C@H]12. The molecule has 0 radical (unpaired) electrons. The molecule has 0 spiro atoms. The number of fused-ring (bicyclic) bond motifs is 7. The Bertz CT molecular complexity index is 1770. The fourth-order valence-corrected chi connectivity index (χ4v) is 11.9. The van der Waals surface area contributed by atoms with Gasteiger partial charge in [0.05, 0.1) is 5.25 Å². The quantitative estimate of drug-likeness (QED) is 0.184. The van der Waals surface area contributed by atoms with Crippen molar-refractivity contribution < 1.29 is 28.7 Å². The highest BCUT2D eigenvalue weighted by molar-refractivity contribution is 8.14. The fraction of sp³-hybridized carbons (Fsp3) is 0.561. The van der Waals surface area contributed by atoms with Crippen molar-refractivity contribution >= 4 is 34.7 Å². The maximum atomic E-state index is 13.9. The number of allylic oxidation sites excluding steroid dienone is 1. The number of benzene rings is 2. The molecular formula is C41H51NO6S. The number of ether oxygens (including phenoxy) is 2. The zero-order valence-electron chi connectivity index (χ0n) is 30.3. The molecule has 6 rings (SSSR count). The Morgan fingerprint density at radius 3 is 2.16 bits per heavy atom. The summed E-state index contributed by atoms with van der Waals surface area (Å²) in [5.74, 6) is -0.477. The number of esters is 2. The highest BCUT2D eigenvalue weighted by Gasteiger charge is 2.68. The van der Waals surface area contributed by atoms with E-state index in [-0.39, 0.29) is 44.0 Å². The second kappa shape index (κ2) is 12.1. The molecule has 2 N–H and O–H groups in total. The van der Waals surface area contributed by atoms with E-state index >= 15 is 0 Å². The number of carbonyl (C=O) groups excluding carboxylic acids is 4. The van der Waals surface area contributed by atoms with Gasteiger partial charge in [0.2, 0.25) is 11.0 Å². The molecule has 1 amide bonds. The topological polar surface area (TPSA) is 113 Å². The van der Waals surface area contributed by atoms with Gasteiger partial charge in [-0.2, -0.15) is 0 Å². The molecule has 0 heterocycles. The van der Waals surface area contributed by atoms with Crippen molar-refractivity contribution in [1.82, 2.24) is 0 Å². The molecule has 8 heteroatoms. The van der Waals surface area contributed by atoms with Crippen LogP contribution in [-0.4, -0.2) is 23.0 Å². The summed E-state index contributed by atoms with van der Waals surface area (Å²) in [5.41, 5.74) is 9.50. The van der Waals surface area contributed by atoms with Crippen LogP contribution in [0.4, 0.5) is 0 Å². The van der Waals surface area contributed by atoms with Gasteiger partial charge >= 0.3 is 11.9 Å². The Balaban J connectivity index is 1.58. The summed E-state index contributed by atoms with van der Waals surface area (Å²) >= 11 is 1.28. The van der Waals surface area contributed by atoms with Crippen LogP contribution in [0.3, 0.4) is 0 Å². The largest absolute Gasteiger partial charge is 0.423 e. The fourth-order valence-electron chi connectivity index (χ4n) is 10.8. The zero-order chi connectivity index (χ0) is 35.7. The number of hydrogen-bond acceptors (Lipinski definition) is 7. The van der Waals surface area contributed by atoms with E-state index in [0.29, 0.717) is 17.0 Å². The van der Waals surface area contributed by atoms with E-state index in [1.54, 1.807) is 0 Å². The highest BCUT2D eigenvalue weighted by Crippen LogP contribution is 2.76. The number of rotatable bonds is 6. The smallest absolute Gasteiger partial charge is 0.308 e. The molecule has 262 valence electrons. The molecule has 3 saturated carbocycles. The number of nitrogens with two attached hydrogens (primary N) is 1. The third-order valence-corrected chi connectivity index (χ3v) is 14.7. The van der Waals surface area contributed by atoms with E-state index < -0.39 is 22.8 Å². The predicted octanol–water partition coefficient (Wildman–Crippen LogP) is 8.95. The standard InChI is InChI=1S/C41H51NO6S/c1-9-41-20-18-39(7)28-21-29(47-25(3)43)34(48-26(4)44)24(2)33(28)30(49-35(45)27-13-11-10-12-14-27)22-31(39)40(41,8)19-17-37(5)15-16-38(6,36(42)46)23-32(37)41/h10-14,21-22,30,32H,9,15-20,23H2,1-8H3,(H2,42,46)/t30?,32-,37-,38-,39+,40-,41+/m1/s1. The molecule has 0 aliphatic heterocycles. The molecule has 2 aromatic carbocycles. The minimum absolute atomic E-state index is 0.0436. The summed E-state index contributed by atoms with van der Waals surface area (Å²) in [6.45, 7) is 16.1. The molecule has 7 atom stereocenters. The lowest BCUT2D eigenvalue weighted by molar-refractivity contribution is -0.174. The summed E-state index contributed by atoms with van der Waals surface area (Å²) in [4.78, 5) is 51.6. The summed E-state index contributed by atoms with van der Waals surface area (Å²) in [6, 6.07) is 11.2. The van der Waals surface area contributed by atoms with Gasteiger partial charge in [0.25, 0.3) is 0 Å². The molecule has 7 nitrogen and oxygen atoms in total. The molecule has 3 fully saturated rings. The Morgan fingerprint density at radius 2 is 1.55 bits per heavy atom. The summed E-state index contributed by atoms with van der Waals surface area (Å²) in [5, 5.41) is -0.413. The molecule has 2 aromatic rings. The summed E-state index contributed by atoms with van der Waals surface area (Å²) in [6.07, 6.45) is 9.80. The molecule has 49 heavy (non-hydrogen) atoms. The van der Waals surface area contributed by atoms with E-state index in [1.807, 2.05) is 43.3 Å². The molecule has 4 aliphatic rings. The summed E-state index contributed by atoms with van der Waals surface area (Å²) in [7, 11) is 0. The maximum Gasteiger partial charge on any atom is 0.308 e. The third kappa shape index (κ3) is 5.39. The van der Waals surface area contributed by atoms with Crippen LogP contribution in [0.2, 0.25) is 0 Å². The van der Waals surface area contributed by atoms with Crippen molar-refractivity contribution in [2.24, 2.45) is 33.3 Å². The van der Waals surface area contributed by atoms with Crippen LogP contribution >= 0.6 is 11.8 Å². The minimum atomic E-state index is -0.539. The first-order valence-electron chi connectivity index (χ1n) is 17.8. The van der Waals surface area contributed by atoms with E-state index in [0.717, 1.165) is 62.5 Å². The molecule has 0 saturated heterocycles. The van der Waals surface area contributed by atoms with E-state index in [9.17, 15) is 19.2 Å². The predicted molar refractivity (Wildman–Crippen MR) is 192 cm³/mol. The van der Waals surface area contributed by atoms with Gasteiger partial charge in [-0.25, -0.2) is 0 Å². The van der Waals surface area contributed by atoms with Gasteiger partial charge in [-0.05, 0) is 97.6 Å². The van der Waals surface area contributed by atoms with Crippen LogP contribution in [0.25, 0.3) is 0 Å². The minimum Gasteiger partial charge on any atom is -0.423 e. The van der Waals surface area contributed by atoms with Crippen molar-refractivity contribution in [3.63, 3.8) is 0 Å². The van der Waals surface area contributed by atoms with Crippen molar-refractivity contribution in [2.45, 2.75) is 117 Å². The Labute approximate surface area is 295 Å². The lowest BCUT2D eigenvalue weighted by Gasteiger charge is -2.71. The van der Waals surface area contributed by atoms with Gasteiger partial charge in [0, 0.05) is 35.8 Å². The monoisotopic (exact) mass is 685 g/mol. The average molecular weight is 686 g/mol. The van der Waals surface area contributed by atoms with Gasteiger partial charge in [-0.1, -0.05) is 88.4 Å². The van der Waals surface area contributed by atoms with Crippen LogP contribution in [-0.2, 0) is 19.8 Å². The lowest BCUT2D eigenvalue weighted by Crippen LogP contribution is -2.64. The van der Waals surface area contributed by atoms with Gasteiger partial charge in [0.1, 0.15) is 0 Å². The molecule has 1 unspecified atom stereocenters. The first-order chi connectivity index (χ1) is 22.9. The van der Waals surface area contributed by atoms with Crippen molar-refractivity contribution in [1.29, 1.82) is 0 Å². The van der Waals surface area contributed by atoms with Gasteiger partial charge < -0.3 is 15.2 Å². The van der Waals surface area contributed by atoms with Crippen molar-refractivity contribution in [3.8, 4) is 11.5 Å². The van der Waals surface area contributed by atoms with E-state index in [1.165, 1.54) is 31.2 Å². The Hall–Kier alpha value is -3.39. The molecular weight excluding hydrogens is 635 g/mol. The normalized spacial score (nSPS) is 34.7. The van der Waals surface area contributed by atoms with Crippen LogP contribution in [0.15, 0.2) is 48.0 Å². The highest BCUT2D eigenvalue weighted by atomic mass is 32.2. The molecule has 4 aliphatic carbocycles. The molecule has 0 aromatic heterocycles. The number of primary amides is 1. The number of carbonyl (C=O) groups is 4. The average Bonchev–Trinajstić information content (AvgIpc) is 3.04. The second-order valence-corrected chi connectivity index (χ2v) is 17.4. The number of hydrogen-bond donors (Lipinski definition) is 1. The van der Waals surface area contributed by atoms with Gasteiger partial charge in [-0.15, -0.1) is 0 Å². The van der Waals surface area contributed by atoms with Crippen LogP contribution in [0, 0.1) is 34.5 Å².